The third kappa shape index (κ3) is 4.29. The standard InChI is InChI=1S/C16H23N3O2/c1-4-9-17-10-13-8-6-7-12(3)16(13)20-11-15-19-18-14(5-2)21-15/h6-8,17H,4-5,9-11H2,1-3H3. The highest BCUT2D eigenvalue weighted by atomic mass is 16.5. The average molecular weight is 289 g/mol. The second-order valence-electron chi connectivity index (χ2n) is 4.97. The lowest BCUT2D eigenvalue weighted by Crippen LogP contribution is -2.15. The Balaban J connectivity index is 2.03. The second kappa shape index (κ2) is 7.78. The summed E-state index contributed by atoms with van der Waals surface area (Å²) < 4.78 is 11.4. The summed E-state index contributed by atoms with van der Waals surface area (Å²) in [6.07, 6.45) is 1.85. The molecule has 0 aliphatic heterocycles. The number of nitrogens with zero attached hydrogens (tertiary/aromatic N) is 2. The molecule has 0 saturated heterocycles. The smallest absolute Gasteiger partial charge is 0.253 e. The zero-order chi connectivity index (χ0) is 15.1. The Bertz CT molecular complexity index is 566. The van der Waals surface area contributed by atoms with Gasteiger partial charge in [0, 0.05) is 18.5 Å². The lowest BCUT2D eigenvalue weighted by atomic mass is 10.1. The summed E-state index contributed by atoms with van der Waals surface area (Å²) in [4.78, 5) is 0. The normalized spacial score (nSPS) is 10.8. The highest BCUT2D eigenvalue weighted by Crippen LogP contribution is 2.24. The van der Waals surface area contributed by atoms with Gasteiger partial charge in [0.1, 0.15) is 5.75 Å². The molecule has 21 heavy (non-hydrogen) atoms. The Morgan fingerprint density at radius 2 is 2.00 bits per heavy atom. The van der Waals surface area contributed by atoms with Gasteiger partial charge in [0.25, 0.3) is 5.89 Å². The van der Waals surface area contributed by atoms with E-state index in [4.69, 9.17) is 9.15 Å². The van der Waals surface area contributed by atoms with Crippen LogP contribution in [0, 0.1) is 6.92 Å². The molecule has 0 aliphatic carbocycles. The minimum Gasteiger partial charge on any atom is -0.483 e. The van der Waals surface area contributed by atoms with Crippen LogP contribution >= 0.6 is 0 Å². The molecular formula is C16H23N3O2. The molecule has 1 aromatic heterocycles. The van der Waals surface area contributed by atoms with Gasteiger partial charge in [-0.2, -0.15) is 0 Å². The van der Waals surface area contributed by atoms with Crippen LogP contribution < -0.4 is 10.1 Å². The summed E-state index contributed by atoms with van der Waals surface area (Å²) in [5, 5.41) is 11.3. The van der Waals surface area contributed by atoms with Crippen molar-refractivity contribution in [1.29, 1.82) is 0 Å². The van der Waals surface area contributed by atoms with Crippen molar-refractivity contribution in [1.82, 2.24) is 15.5 Å². The quantitative estimate of drug-likeness (QED) is 0.757. The first-order valence-corrected chi connectivity index (χ1v) is 7.47. The van der Waals surface area contributed by atoms with Crippen molar-refractivity contribution in [2.45, 2.75) is 46.8 Å². The fourth-order valence-corrected chi connectivity index (χ4v) is 2.08. The van der Waals surface area contributed by atoms with Crippen LogP contribution in [0.2, 0.25) is 0 Å². The SMILES string of the molecule is CCCNCc1cccc(C)c1OCc1nnc(CC)o1. The van der Waals surface area contributed by atoms with Crippen molar-refractivity contribution in [3.8, 4) is 5.75 Å². The highest BCUT2D eigenvalue weighted by Gasteiger charge is 2.10. The van der Waals surface area contributed by atoms with E-state index in [9.17, 15) is 0 Å². The maximum Gasteiger partial charge on any atom is 0.253 e. The van der Waals surface area contributed by atoms with Crippen molar-refractivity contribution in [3.05, 3.63) is 41.1 Å². The molecule has 0 atom stereocenters. The van der Waals surface area contributed by atoms with Crippen molar-refractivity contribution in [3.63, 3.8) is 0 Å². The summed E-state index contributed by atoms with van der Waals surface area (Å²) in [5.74, 6) is 2.06. The van der Waals surface area contributed by atoms with Gasteiger partial charge in [0.05, 0.1) is 0 Å². The van der Waals surface area contributed by atoms with E-state index in [-0.39, 0.29) is 0 Å². The molecule has 2 rings (SSSR count). The average Bonchev–Trinajstić information content (AvgIpc) is 2.95. The van der Waals surface area contributed by atoms with E-state index >= 15 is 0 Å². The number of aryl methyl sites for hydroxylation is 2. The van der Waals surface area contributed by atoms with Gasteiger partial charge in [-0.05, 0) is 25.5 Å². The lowest BCUT2D eigenvalue weighted by Gasteiger charge is -2.13. The number of rotatable bonds is 8. The summed E-state index contributed by atoms with van der Waals surface area (Å²) in [7, 11) is 0. The first-order valence-electron chi connectivity index (χ1n) is 7.47. The second-order valence-corrected chi connectivity index (χ2v) is 4.97. The largest absolute Gasteiger partial charge is 0.483 e. The first-order chi connectivity index (χ1) is 10.2. The van der Waals surface area contributed by atoms with E-state index in [2.05, 4.69) is 28.5 Å². The predicted octanol–water partition coefficient (Wildman–Crippen LogP) is 3.02. The Hall–Kier alpha value is -1.88. The van der Waals surface area contributed by atoms with Gasteiger partial charge in [-0.25, -0.2) is 0 Å². The van der Waals surface area contributed by atoms with E-state index in [0.717, 1.165) is 42.8 Å². The van der Waals surface area contributed by atoms with Crippen LogP contribution in [0.3, 0.4) is 0 Å². The van der Waals surface area contributed by atoms with Gasteiger partial charge < -0.3 is 14.5 Å². The van der Waals surface area contributed by atoms with Crippen LogP contribution in [-0.2, 0) is 19.6 Å². The van der Waals surface area contributed by atoms with Crippen LogP contribution in [0.15, 0.2) is 22.6 Å². The van der Waals surface area contributed by atoms with Crippen LogP contribution in [0.1, 0.15) is 43.2 Å². The number of ether oxygens (including phenoxy) is 1. The third-order valence-electron chi connectivity index (χ3n) is 3.19. The Kier molecular flexibility index (Phi) is 5.75. The molecular weight excluding hydrogens is 266 g/mol. The molecule has 0 spiro atoms. The Labute approximate surface area is 125 Å². The van der Waals surface area contributed by atoms with E-state index in [0.29, 0.717) is 18.4 Å². The van der Waals surface area contributed by atoms with Gasteiger partial charge in [-0.1, -0.05) is 32.0 Å². The van der Waals surface area contributed by atoms with Crippen molar-refractivity contribution >= 4 is 0 Å². The maximum absolute atomic E-state index is 5.91. The molecule has 5 heteroatoms. The summed E-state index contributed by atoms with van der Waals surface area (Å²) >= 11 is 0. The molecule has 0 fully saturated rings. The first kappa shape index (κ1) is 15.5. The minimum atomic E-state index is 0.304. The summed E-state index contributed by atoms with van der Waals surface area (Å²) in [5.41, 5.74) is 2.26. The predicted molar refractivity (Wildman–Crippen MR) is 81.2 cm³/mol. The fourth-order valence-electron chi connectivity index (χ4n) is 2.08. The third-order valence-corrected chi connectivity index (χ3v) is 3.19. The molecule has 0 aliphatic rings. The number of nitrogens with one attached hydrogen (secondary N) is 1. The molecule has 1 N–H and O–H groups in total. The lowest BCUT2D eigenvalue weighted by molar-refractivity contribution is 0.255. The van der Waals surface area contributed by atoms with Crippen molar-refractivity contribution in [2.75, 3.05) is 6.54 Å². The van der Waals surface area contributed by atoms with Crippen LogP contribution in [0.25, 0.3) is 0 Å². The van der Waals surface area contributed by atoms with E-state index in [1.165, 1.54) is 0 Å². The van der Waals surface area contributed by atoms with Gasteiger partial charge in [0.15, 0.2) is 6.61 Å². The van der Waals surface area contributed by atoms with Gasteiger partial charge in [-0.3, -0.25) is 0 Å². The highest BCUT2D eigenvalue weighted by molar-refractivity contribution is 5.40. The molecule has 1 aromatic carbocycles. The van der Waals surface area contributed by atoms with E-state index in [1.807, 2.05) is 26.0 Å². The van der Waals surface area contributed by atoms with Crippen LogP contribution in [0.5, 0.6) is 5.75 Å². The number of hydrogen-bond donors (Lipinski definition) is 1. The van der Waals surface area contributed by atoms with Crippen molar-refractivity contribution < 1.29 is 9.15 Å². The van der Waals surface area contributed by atoms with Gasteiger partial charge >= 0.3 is 0 Å². The Morgan fingerprint density at radius 3 is 2.71 bits per heavy atom. The zero-order valence-corrected chi connectivity index (χ0v) is 13.0. The molecule has 0 radical (unpaired) electrons. The number of aromatic nitrogens is 2. The van der Waals surface area contributed by atoms with E-state index in [1.54, 1.807) is 0 Å². The molecule has 0 saturated carbocycles. The van der Waals surface area contributed by atoms with Gasteiger partial charge in [-0.15, -0.1) is 10.2 Å². The summed E-state index contributed by atoms with van der Waals surface area (Å²) in [6, 6.07) is 6.17. The molecule has 5 nitrogen and oxygen atoms in total. The molecule has 114 valence electrons. The van der Waals surface area contributed by atoms with Gasteiger partial charge in [0.2, 0.25) is 5.89 Å². The summed E-state index contributed by atoms with van der Waals surface area (Å²) in [6.45, 7) is 8.28. The molecule has 0 bridgehead atoms. The van der Waals surface area contributed by atoms with Crippen LogP contribution in [0.4, 0.5) is 0 Å². The number of para-hydroxylation sites is 1. The van der Waals surface area contributed by atoms with Crippen LogP contribution in [-0.4, -0.2) is 16.7 Å². The molecule has 1 heterocycles. The number of benzene rings is 1. The monoisotopic (exact) mass is 289 g/mol. The fraction of sp³-hybridized carbons (Fsp3) is 0.500. The number of hydrogen-bond acceptors (Lipinski definition) is 5. The minimum absolute atomic E-state index is 0.304. The topological polar surface area (TPSA) is 60.2 Å². The molecule has 0 unspecified atom stereocenters. The zero-order valence-electron chi connectivity index (χ0n) is 13.0. The van der Waals surface area contributed by atoms with E-state index < -0.39 is 0 Å². The van der Waals surface area contributed by atoms with Crippen molar-refractivity contribution in [2.24, 2.45) is 0 Å². The Morgan fingerprint density at radius 1 is 1.19 bits per heavy atom. The molecule has 2 aromatic rings. The molecule has 0 amide bonds. The maximum atomic E-state index is 5.91.